The number of alkyl halides is 3. The van der Waals surface area contributed by atoms with Gasteiger partial charge in [-0.05, 0) is 57.9 Å². The second-order valence-corrected chi connectivity index (χ2v) is 12.8. The molecule has 2 aliphatic heterocycles. The van der Waals surface area contributed by atoms with Gasteiger partial charge in [0.2, 0.25) is 5.82 Å². The summed E-state index contributed by atoms with van der Waals surface area (Å²) in [6, 6.07) is 9.22. The van der Waals surface area contributed by atoms with Gasteiger partial charge in [0, 0.05) is 32.6 Å². The number of rotatable bonds is 7. The molecule has 0 bridgehead atoms. The molecular weight excluding hydrogens is 571 g/mol. The number of aryl methyl sites for hydroxylation is 1. The van der Waals surface area contributed by atoms with Crippen molar-refractivity contribution in [1.29, 1.82) is 0 Å². The summed E-state index contributed by atoms with van der Waals surface area (Å²) in [4.78, 5) is 50.5. The second-order valence-electron chi connectivity index (χ2n) is 11.9. The number of Topliss-reactive ketones (excluding diaryl/α,β-unsaturated/α-hetero) is 1. The van der Waals surface area contributed by atoms with E-state index in [9.17, 15) is 27.6 Å². The van der Waals surface area contributed by atoms with Crippen LogP contribution in [0.25, 0.3) is 10.3 Å². The van der Waals surface area contributed by atoms with Crippen molar-refractivity contribution in [3.63, 3.8) is 0 Å². The SMILES string of the molecule is CC(C)(C)OC(=O)N1CCC(Cn2c(C(F)(F)F)nc3sc(N4CCC[C@@H]4C(=O)CCc4ccccc4)nc3c2=O)C1. The third kappa shape index (κ3) is 6.61. The van der Waals surface area contributed by atoms with Crippen molar-refractivity contribution in [1.82, 2.24) is 19.4 Å². The van der Waals surface area contributed by atoms with Gasteiger partial charge in [0.1, 0.15) is 5.60 Å². The topological polar surface area (TPSA) is 97.6 Å². The number of fused-ring (bicyclic) bond motifs is 1. The lowest BCUT2D eigenvalue weighted by molar-refractivity contribution is -0.148. The molecule has 2 aliphatic rings. The first-order valence-electron chi connectivity index (χ1n) is 14.1. The molecule has 9 nitrogen and oxygen atoms in total. The second kappa shape index (κ2) is 11.7. The lowest BCUT2D eigenvalue weighted by atomic mass is 10.0. The Bertz CT molecular complexity index is 1520. The number of nitrogens with zero attached hydrogens (tertiary/aromatic N) is 5. The number of carbonyl (C=O) groups is 2. The normalized spacial score (nSPS) is 19.6. The molecule has 0 radical (unpaired) electrons. The maximum atomic E-state index is 14.1. The van der Waals surface area contributed by atoms with Crippen molar-refractivity contribution in [2.45, 2.75) is 77.2 Å². The van der Waals surface area contributed by atoms with Crippen molar-refractivity contribution < 1.29 is 27.5 Å². The minimum atomic E-state index is -4.87. The summed E-state index contributed by atoms with van der Waals surface area (Å²) in [5.41, 5.74) is -0.673. The zero-order valence-electron chi connectivity index (χ0n) is 23.8. The van der Waals surface area contributed by atoms with Gasteiger partial charge >= 0.3 is 12.3 Å². The smallest absolute Gasteiger partial charge is 0.444 e. The molecule has 0 saturated carbocycles. The predicted molar refractivity (Wildman–Crippen MR) is 153 cm³/mol. The highest BCUT2D eigenvalue weighted by Gasteiger charge is 2.40. The van der Waals surface area contributed by atoms with Crippen molar-refractivity contribution in [3.8, 4) is 0 Å². The van der Waals surface area contributed by atoms with E-state index in [1.54, 1.807) is 25.7 Å². The van der Waals surface area contributed by atoms with Gasteiger partial charge in [-0.15, -0.1) is 0 Å². The van der Waals surface area contributed by atoms with E-state index in [2.05, 4.69) is 9.97 Å². The van der Waals surface area contributed by atoms with Crippen LogP contribution in [-0.4, -0.2) is 62.6 Å². The third-order valence-electron chi connectivity index (χ3n) is 7.51. The maximum Gasteiger partial charge on any atom is 0.449 e. The largest absolute Gasteiger partial charge is 0.449 e. The van der Waals surface area contributed by atoms with Crippen molar-refractivity contribution in [2.75, 3.05) is 24.5 Å². The molecule has 0 N–H and O–H groups in total. The molecule has 2 fully saturated rings. The van der Waals surface area contributed by atoms with Crippen LogP contribution in [0.5, 0.6) is 0 Å². The molecule has 2 atom stereocenters. The molecular formula is C29H34F3N5O4S. The predicted octanol–water partition coefficient (Wildman–Crippen LogP) is 5.30. The molecule has 13 heteroatoms. The van der Waals surface area contributed by atoms with Crippen LogP contribution >= 0.6 is 11.3 Å². The number of hydrogen-bond donors (Lipinski definition) is 0. The minimum Gasteiger partial charge on any atom is -0.444 e. The zero-order valence-corrected chi connectivity index (χ0v) is 24.6. The molecule has 0 aliphatic carbocycles. The maximum absolute atomic E-state index is 14.1. The molecule has 5 rings (SSSR count). The van der Waals surface area contributed by atoms with Crippen LogP contribution in [0.1, 0.15) is 57.8 Å². The van der Waals surface area contributed by atoms with Crippen molar-refractivity contribution >= 4 is 38.7 Å². The number of halogens is 3. The van der Waals surface area contributed by atoms with Gasteiger partial charge in [-0.3, -0.25) is 14.2 Å². The number of ether oxygens (including phenoxy) is 1. The molecule has 4 heterocycles. The number of hydrogen-bond acceptors (Lipinski definition) is 8. The molecule has 1 unspecified atom stereocenters. The highest BCUT2D eigenvalue weighted by Crippen LogP contribution is 2.35. The Balaban J connectivity index is 1.38. The van der Waals surface area contributed by atoms with E-state index in [1.165, 1.54) is 4.90 Å². The van der Waals surface area contributed by atoms with Gasteiger partial charge in [-0.25, -0.2) is 14.8 Å². The molecule has 3 aromatic rings. The van der Waals surface area contributed by atoms with E-state index in [-0.39, 0.29) is 35.1 Å². The number of ketones is 1. The molecule has 0 spiro atoms. The lowest BCUT2D eigenvalue weighted by Gasteiger charge is -2.24. The first-order valence-corrected chi connectivity index (χ1v) is 14.9. The summed E-state index contributed by atoms with van der Waals surface area (Å²) in [5, 5.41) is 0.327. The van der Waals surface area contributed by atoms with E-state index in [1.807, 2.05) is 30.3 Å². The van der Waals surface area contributed by atoms with Crippen LogP contribution in [0.4, 0.5) is 23.1 Å². The van der Waals surface area contributed by atoms with Gasteiger partial charge in [-0.2, -0.15) is 13.2 Å². The quantitative estimate of drug-likeness (QED) is 0.361. The summed E-state index contributed by atoms with van der Waals surface area (Å²) in [6.45, 7) is 5.96. The van der Waals surface area contributed by atoms with E-state index < -0.39 is 35.3 Å². The number of carbonyl (C=O) groups excluding carboxylic acids is 2. The Morgan fingerprint density at radius 2 is 1.81 bits per heavy atom. The van der Waals surface area contributed by atoms with Gasteiger partial charge in [0.25, 0.3) is 5.56 Å². The fourth-order valence-corrected chi connectivity index (χ4v) is 6.55. The number of thiazole rings is 1. The number of likely N-dealkylation sites (tertiary alicyclic amines) is 1. The first kappa shape index (κ1) is 30.0. The van der Waals surface area contributed by atoms with Gasteiger partial charge in [-0.1, -0.05) is 41.7 Å². The third-order valence-corrected chi connectivity index (χ3v) is 8.50. The fourth-order valence-electron chi connectivity index (χ4n) is 5.55. The summed E-state index contributed by atoms with van der Waals surface area (Å²) in [7, 11) is 0. The number of benzene rings is 1. The van der Waals surface area contributed by atoms with E-state index in [4.69, 9.17) is 4.74 Å². The molecule has 1 amide bonds. The molecule has 1 aromatic carbocycles. The summed E-state index contributed by atoms with van der Waals surface area (Å²) in [5.74, 6) is -1.64. The molecule has 42 heavy (non-hydrogen) atoms. The van der Waals surface area contributed by atoms with Crippen LogP contribution in [0, 0.1) is 5.92 Å². The number of aromatic nitrogens is 3. The highest BCUT2D eigenvalue weighted by atomic mass is 32.1. The van der Waals surface area contributed by atoms with E-state index >= 15 is 0 Å². The standard InChI is InChI=1S/C29H34F3N5O4S/c1-28(2,3)41-27(40)35-15-13-19(16-35)17-37-24(39)22-23(34-25(37)29(30,31)32)42-26(33-22)36-14-7-10-20(36)21(38)12-11-18-8-5-4-6-9-18/h4-6,8-9,19-20H,7,10-17H2,1-3H3/t19?,20-/m1/s1. The Morgan fingerprint density at radius 1 is 1.07 bits per heavy atom. The Morgan fingerprint density at radius 3 is 2.50 bits per heavy atom. The van der Waals surface area contributed by atoms with Crippen LogP contribution in [0.2, 0.25) is 0 Å². The fraction of sp³-hybridized carbons (Fsp3) is 0.552. The first-order chi connectivity index (χ1) is 19.8. The molecule has 2 saturated heterocycles. The van der Waals surface area contributed by atoms with Gasteiger partial charge in [0.15, 0.2) is 21.3 Å². The Kier molecular flexibility index (Phi) is 8.32. The minimum absolute atomic E-state index is 0.0349. The summed E-state index contributed by atoms with van der Waals surface area (Å²) in [6.07, 6.45) is -2.71. The lowest BCUT2D eigenvalue weighted by Crippen LogP contribution is -2.37. The average molecular weight is 606 g/mol. The van der Waals surface area contributed by atoms with Gasteiger partial charge < -0.3 is 14.5 Å². The highest BCUT2D eigenvalue weighted by molar-refractivity contribution is 7.21. The Labute approximate surface area is 245 Å². The molecule has 226 valence electrons. The number of amides is 1. The Hall–Kier alpha value is -3.48. The van der Waals surface area contributed by atoms with Crippen molar-refractivity contribution in [2.24, 2.45) is 5.92 Å². The molecule has 2 aromatic heterocycles. The van der Waals surface area contributed by atoms with Gasteiger partial charge in [0.05, 0.1) is 6.04 Å². The van der Waals surface area contributed by atoms with Crippen molar-refractivity contribution in [3.05, 3.63) is 52.1 Å². The number of anilines is 1. The van der Waals surface area contributed by atoms with Crippen LogP contribution in [0.15, 0.2) is 35.1 Å². The summed E-state index contributed by atoms with van der Waals surface area (Å²) < 4.78 is 48.5. The average Bonchev–Trinajstić information content (AvgIpc) is 3.67. The van der Waals surface area contributed by atoms with Crippen LogP contribution < -0.4 is 10.5 Å². The van der Waals surface area contributed by atoms with Crippen LogP contribution in [0.3, 0.4) is 0 Å². The zero-order chi connectivity index (χ0) is 30.2. The summed E-state index contributed by atoms with van der Waals surface area (Å²) >= 11 is 0.904. The van der Waals surface area contributed by atoms with E-state index in [0.717, 1.165) is 23.3 Å². The monoisotopic (exact) mass is 605 g/mol. The van der Waals surface area contributed by atoms with Crippen LogP contribution in [-0.2, 0) is 28.7 Å². The van der Waals surface area contributed by atoms with E-state index in [0.29, 0.717) is 48.5 Å².